The van der Waals surface area contributed by atoms with Crippen LogP contribution in [0.2, 0.25) is 0 Å². The summed E-state index contributed by atoms with van der Waals surface area (Å²) in [7, 11) is 1.57. The van der Waals surface area contributed by atoms with Gasteiger partial charge in [0, 0.05) is 5.56 Å². The number of aromatic hydroxyl groups is 1. The number of ether oxygens (including phenoxy) is 1. The smallest absolute Gasteiger partial charge is 0.120 e. The molecule has 0 spiro atoms. The van der Waals surface area contributed by atoms with E-state index < -0.39 is 0 Å². The summed E-state index contributed by atoms with van der Waals surface area (Å²) in [5.74, 6) is 1.21. The highest BCUT2D eigenvalue weighted by molar-refractivity contribution is 6.17. The molecule has 0 atom stereocenters. The highest BCUT2D eigenvalue weighted by Crippen LogP contribution is 2.23. The topological polar surface area (TPSA) is 29.5 Å². The molecule has 0 unspecified atom stereocenters. The van der Waals surface area contributed by atoms with Gasteiger partial charge in [0.15, 0.2) is 0 Å². The summed E-state index contributed by atoms with van der Waals surface area (Å²) in [5, 5.41) is 9.19. The molecular weight excluding hydrogens is 164 g/mol. The van der Waals surface area contributed by atoms with E-state index >= 15 is 0 Å². The zero-order valence-electron chi connectivity index (χ0n) is 6.17. The Morgan fingerprint density at radius 2 is 2.27 bits per heavy atom. The Kier molecular flexibility index (Phi) is 2.60. The van der Waals surface area contributed by atoms with Crippen molar-refractivity contribution in [2.75, 3.05) is 7.11 Å². The minimum absolute atomic E-state index is 0.209. The van der Waals surface area contributed by atoms with Crippen molar-refractivity contribution in [2.24, 2.45) is 0 Å². The number of rotatable bonds is 2. The zero-order valence-corrected chi connectivity index (χ0v) is 6.93. The molecule has 0 amide bonds. The lowest BCUT2D eigenvalue weighted by molar-refractivity contribution is 0.411. The molecule has 0 saturated heterocycles. The Bertz CT molecular complexity index is 248. The molecule has 0 aliphatic rings. The molecule has 0 saturated carbocycles. The Balaban J connectivity index is 3.02. The van der Waals surface area contributed by atoms with E-state index in [1.807, 2.05) is 0 Å². The van der Waals surface area contributed by atoms with Crippen LogP contribution < -0.4 is 4.74 Å². The first-order chi connectivity index (χ1) is 5.27. The maximum atomic E-state index is 9.19. The van der Waals surface area contributed by atoms with Gasteiger partial charge >= 0.3 is 0 Å². The van der Waals surface area contributed by atoms with Gasteiger partial charge in [-0.3, -0.25) is 0 Å². The van der Waals surface area contributed by atoms with Gasteiger partial charge in [-0.05, 0) is 18.2 Å². The van der Waals surface area contributed by atoms with Gasteiger partial charge in [0.05, 0.1) is 13.0 Å². The summed E-state index contributed by atoms with van der Waals surface area (Å²) in [5.41, 5.74) is 0.686. The first kappa shape index (κ1) is 8.21. The molecule has 0 fully saturated rings. The lowest BCUT2D eigenvalue weighted by atomic mass is 10.2. The lowest BCUT2D eigenvalue weighted by Crippen LogP contribution is -1.85. The highest BCUT2D eigenvalue weighted by atomic mass is 35.5. The summed E-state index contributed by atoms with van der Waals surface area (Å²) in [6, 6.07) is 4.96. The normalized spacial score (nSPS) is 9.64. The molecule has 1 aromatic carbocycles. The average molecular weight is 173 g/mol. The van der Waals surface area contributed by atoms with Gasteiger partial charge < -0.3 is 9.84 Å². The van der Waals surface area contributed by atoms with Crippen LogP contribution in [0, 0.1) is 0 Å². The quantitative estimate of drug-likeness (QED) is 0.693. The van der Waals surface area contributed by atoms with Crippen LogP contribution in [0.5, 0.6) is 11.5 Å². The largest absolute Gasteiger partial charge is 0.508 e. The maximum absolute atomic E-state index is 9.19. The SMILES string of the molecule is COc1ccc(O)c(CCl)c1. The van der Waals surface area contributed by atoms with Crippen LogP contribution in [0.4, 0.5) is 0 Å². The highest BCUT2D eigenvalue weighted by Gasteiger charge is 2.00. The van der Waals surface area contributed by atoms with Crippen LogP contribution in [-0.4, -0.2) is 12.2 Å². The lowest BCUT2D eigenvalue weighted by Gasteiger charge is -2.03. The van der Waals surface area contributed by atoms with Crippen molar-refractivity contribution in [2.45, 2.75) is 5.88 Å². The summed E-state index contributed by atoms with van der Waals surface area (Å²) >= 11 is 5.55. The third-order valence-electron chi connectivity index (χ3n) is 1.43. The molecule has 1 rings (SSSR count). The van der Waals surface area contributed by atoms with Crippen molar-refractivity contribution < 1.29 is 9.84 Å². The van der Waals surface area contributed by atoms with Crippen molar-refractivity contribution in [1.29, 1.82) is 0 Å². The number of methoxy groups -OCH3 is 1. The number of halogens is 1. The second-order valence-corrected chi connectivity index (χ2v) is 2.40. The van der Waals surface area contributed by atoms with E-state index in [-0.39, 0.29) is 5.75 Å². The van der Waals surface area contributed by atoms with Gasteiger partial charge in [0.25, 0.3) is 0 Å². The third kappa shape index (κ3) is 1.77. The number of hydrogen-bond donors (Lipinski definition) is 1. The van der Waals surface area contributed by atoms with Gasteiger partial charge in [-0.15, -0.1) is 11.6 Å². The molecule has 0 heterocycles. The van der Waals surface area contributed by atoms with Gasteiger partial charge in [0.1, 0.15) is 11.5 Å². The molecule has 60 valence electrons. The van der Waals surface area contributed by atoms with E-state index in [0.29, 0.717) is 17.2 Å². The van der Waals surface area contributed by atoms with Crippen LogP contribution >= 0.6 is 11.6 Å². The molecule has 11 heavy (non-hydrogen) atoms. The Hall–Kier alpha value is -0.890. The molecule has 3 heteroatoms. The number of benzene rings is 1. The fourth-order valence-electron chi connectivity index (χ4n) is 0.796. The van der Waals surface area contributed by atoms with Gasteiger partial charge in [0.2, 0.25) is 0 Å². The number of phenolic OH excluding ortho intramolecular Hbond substituents is 1. The van der Waals surface area contributed by atoms with Crippen LogP contribution in [0.25, 0.3) is 0 Å². The van der Waals surface area contributed by atoms with Gasteiger partial charge in [-0.1, -0.05) is 0 Å². The summed E-state index contributed by atoms with van der Waals surface area (Å²) in [6.07, 6.45) is 0. The second-order valence-electron chi connectivity index (χ2n) is 2.13. The maximum Gasteiger partial charge on any atom is 0.120 e. The third-order valence-corrected chi connectivity index (χ3v) is 1.72. The zero-order chi connectivity index (χ0) is 8.27. The number of alkyl halides is 1. The minimum Gasteiger partial charge on any atom is -0.508 e. The van der Waals surface area contributed by atoms with Crippen LogP contribution in [-0.2, 0) is 5.88 Å². The van der Waals surface area contributed by atoms with Crippen molar-refractivity contribution >= 4 is 11.6 Å². The summed E-state index contributed by atoms with van der Waals surface area (Å²) in [4.78, 5) is 0. The fourth-order valence-corrected chi connectivity index (χ4v) is 1.01. The van der Waals surface area contributed by atoms with E-state index in [9.17, 15) is 5.11 Å². The molecule has 0 bridgehead atoms. The van der Waals surface area contributed by atoms with E-state index in [2.05, 4.69) is 0 Å². The molecule has 0 aromatic heterocycles. The second kappa shape index (κ2) is 3.49. The summed E-state index contributed by atoms with van der Waals surface area (Å²) in [6.45, 7) is 0. The van der Waals surface area contributed by atoms with Gasteiger partial charge in [-0.2, -0.15) is 0 Å². The molecule has 1 aromatic rings. The molecular formula is C8H9ClO2. The predicted octanol–water partition coefficient (Wildman–Crippen LogP) is 2.14. The molecule has 1 N–H and O–H groups in total. The Morgan fingerprint density at radius 3 is 2.82 bits per heavy atom. The van der Waals surface area contributed by atoms with Crippen molar-refractivity contribution in [1.82, 2.24) is 0 Å². The Morgan fingerprint density at radius 1 is 1.55 bits per heavy atom. The van der Waals surface area contributed by atoms with Crippen LogP contribution in [0.1, 0.15) is 5.56 Å². The average Bonchev–Trinajstić information content (AvgIpc) is 2.05. The number of phenols is 1. The molecule has 0 radical (unpaired) electrons. The molecule has 2 nitrogen and oxygen atoms in total. The van der Waals surface area contributed by atoms with Crippen molar-refractivity contribution in [3.63, 3.8) is 0 Å². The monoisotopic (exact) mass is 172 g/mol. The standard InChI is InChI=1S/C8H9ClO2/c1-11-7-2-3-8(10)6(4-7)5-9/h2-4,10H,5H2,1H3. The first-order valence-corrected chi connectivity index (χ1v) is 3.73. The van der Waals surface area contributed by atoms with Crippen LogP contribution in [0.3, 0.4) is 0 Å². The minimum atomic E-state index is 0.209. The van der Waals surface area contributed by atoms with Gasteiger partial charge in [-0.25, -0.2) is 0 Å². The number of hydrogen-bond acceptors (Lipinski definition) is 2. The first-order valence-electron chi connectivity index (χ1n) is 3.19. The molecule has 0 aliphatic carbocycles. The van der Waals surface area contributed by atoms with Crippen molar-refractivity contribution in [3.05, 3.63) is 23.8 Å². The molecule has 0 aliphatic heterocycles. The predicted molar refractivity (Wildman–Crippen MR) is 44.2 cm³/mol. The van der Waals surface area contributed by atoms with E-state index in [0.717, 1.165) is 0 Å². The van der Waals surface area contributed by atoms with E-state index in [1.54, 1.807) is 25.3 Å². The van der Waals surface area contributed by atoms with Crippen LogP contribution in [0.15, 0.2) is 18.2 Å². The van der Waals surface area contributed by atoms with E-state index in [4.69, 9.17) is 16.3 Å². The van der Waals surface area contributed by atoms with E-state index in [1.165, 1.54) is 0 Å². The summed E-state index contributed by atoms with van der Waals surface area (Å²) < 4.78 is 4.94. The van der Waals surface area contributed by atoms with Crippen molar-refractivity contribution in [3.8, 4) is 11.5 Å². The fraction of sp³-hybridized carbons (Fsp3) is 0.250. The Labute approximate surface area is 70.4 Å².